The number of aryl methyl sites for hydroxylation is 1. The predicted octanol–water partition coefficient (Wildman–Crippen LogP) is 4.44. The van der Waals surface area contributed by atoms with Crippen LogP contribution in [-0.4, -0.2) is 18.4 Å². The van der Waals surface area contributed by atoms with E-state index in [4.69, 9.17) is 0 Å². The van der Waals surface area contributed by atoms with Crippen molar-refractivity contribution in [3.05, 3.63) is 89.7 Å². The minimum atomic E-state index is -0.375. The molecule has 3 aromatic carbocycles. The van der Waals surface area contributed by atoms with E-state index in [2.05, 4.69) is 16.0 Å². The van der Waals surface area contributed by atoms with Crippen LogP contribution in [0.4, 0.5) is 21.5 Å². The van der Waals surface area contributed by atoms with Gasteiger partial charge in [0.1, 0.15) is 5.82 Å². The van der Waals surface area contributed by atoms with Crippen LogP contribution in [0.15, 0.2) is 72.8 Å². The number of halogens is 1. The number of hydrogen-bond donors (Lipinski definition) is 3. The van der Waals surface area contributed by atoms with Gasteiger partial charge >= 0.3 is 0 Å². The number of benzene rings is 3. The van der Waals surface area contributed by atoms with Gasteiger partial charge in [0.25, 0.3) is 5.91 Å². The van der Waals surface area contributed by atoms with Crippen molar-refractivity contribution < 1.29 is 14.0 Å². The van der Waals surface area contributed by atoms with Gasteiger partial charge in [-0.1, -0.05) is 29.8 Å². The van der Waals surface area contributed by atoms with E-state index in [9.17, 15) is 14.0 Å². The number of amides is 2. The highest BCUT2D eigenvalue weighted by molar-refractivity contribution is 6.08. The first kappa shape index (κ1) is 19.1. The average Bonchev–Trinajstić information content (AvgIpc) is 2.70. The highest BCUT2D eigenvalue weighted by atomic mass is 19.1. The molecule has 0 saturated carbocycles. The van der Waals surface area contributed by atoms with E-state index in [1.807, 2.05) is 31.2 Å². The second-order valence-electron chi connectivity index (χ2n) is 6.27. The maximum absolute atomic E-state index is 13.0. The van der Waals surface area contributed by atoms with E-state index >= 15 is 0 Å². The van der Waals surface area contributed by atoms with Crippen molar-refractivity contribution in [3.8, 4) is 0 Å². The summed E-state index contributed by atoms with van der Waals surface area (Å²) >= 11 is 0. The zero-order valence-corrected chi connectivity index (χ0v) is 15.3. The molecule has 2 amide bonds. The monoisotopic (exact) mass is 377 g/mol. The molecule has 28 heavy (non-hydrogen) atoms. The normalized spacial score (nSPS) is 10.2. The summed E-state index contributed by atoms with van der Waals surface area (Å²) in [6.07, 6.45) is 0. The van der Waals surface area contributed by atoms with Gasteiger partial charge in [-0.2, -0.15) is 0 Å². The van der Waals surface area contributed by atoms with Crippen LogP contribution < -0.4 is 16.0 Å². The van der Waals surface area contributed by atoms with Crippen molar-refractivity contribution in [3.63, 3.8) is 0 Å². The summed E-state index contributed by atoms with van der Waals surface area (Å²) in [4.78, 5) is 24.7. The van der Waals surface area contributed by atoms with E-state index in [1.54, 1.807) is 24.3 Å². The molecule has 0 aliphatic rings. The molecule has 3 rings (SSSR count). The molecule has 142 valence electrons. The molecular formula is C22H20FN3O2. The summed E-state index contributed by atoms with van der Waals surface area (Å²) < 4.78 is 13.0. The Morgan fingerprint density at radius 1 is 0.821 bits per heavy atom. The summed E-state index contributed by atoms with van der Waals surface area (Å²) in [5.41, 5.74) is 3.21. The van der Waals surface area contributed by atoms with Gasteiger partial charge in [0.15, 0.2) is 0 Å². The molecule has 0 saturated heterocycles. The minimum absolute atomic E-state index is 0.00865. The molecule has 0 aliphatic heterocycles. The minimum Gasteiger partial charge on any atom is -0.376 e. The van der Waals surface area contributed by atoms with E-state index < -0.39 is 0 Å². The highest BCUT2D eigenvalue weighted by Gasteiger charge is 2.12. The highest BCUT2D eigenvalue weighted by Crippen LogP contribution is 2.18. The van der Waals surface area contributed by atoms with E-state index in [-0.39, 0.29) is 24.2 Å². The van der Waals surface area contributed by atoms with Crippen LogP contribution in [0.3, 0.4) is 0 Å². The van der Waals surface area contributed by atoms with Gasteiger partial charge in [-0.15, -0.1) is 0 Å². The van der Waals surface area contributed by atoms with Gasteiger partial charge in [-0.25, -0.2) is 4.39 Å². The molecule has 5 nitrogen and oxygen atoms in total. The number of anilines is 3. The molecule has 3 aromatic rings. The Bertz CT molecular complexity index is 970. The lowest BCUT2D eigenvalue weighted by molar-refractivity contribution is -0.114. The van der Waals surface area contributed by atoms with Crippen LogP contribution in [0.5, 0.6) is 0 Å². The van der Waals surface area contributed by atoms with Crippen molar-refractivity contribution in [1.29, 1.82) is 0 Å². The van der Waals surface area contributed by atoms with Crippen LogP contribution in [0.1, 0.15) is 15.9 Å². The molecule has 6 heteroatoms. The van der Waals surface area contributed by atoms with Crippen molar-refractivity contribution in [2.24, 2.45) is 0 Å². The van der Waals surface area contributed by atoms with Gasteiger partial charge in [0.2, 0.25) is 5.91 Å². The summed E-state index contributed by atoms with van der Waals surface area (Å²) in [7, 11) is 0. The molecule has 0 heterocycles. The fraction of sp³-hybridized carbons (Fsp3) is 0.0909. The number of rotatable bonds is 6. The number of carbonyl (C=O) groups is 2. The first-order valence-corrected chi connectivity index (χ1v) is 8.77. The lowest BCUT2D eigenvalue weighted by atomic mass is 10.1. The predicted molar refractivity (Wildman–Crippen MR) is 109 cm³/mol. The van der Waals surface area contributed by atoms with Gasteiger partial charge in [0.05, 0.1) is 12.1 Å². The van der Waals surface area contributed by atoms with Crippen molar-refractivity contribution >= 4 is 28.9 Å². The second-order valence-corrected chi connectivity index (χ2v) is 6.27. The van der Waals surface area contributed by atoms with Crippen molar-refractivity contribution in [1.82, 2.24) is 0 Å². The quantitative estimate of drug-likeness (QED) is 0.595. The molecule has 3 N–H and O–H groups in total. The van der Waals surface area contributed by atoms with Gasteiger partial charge in [-0.05, 0) is 55.5 Å². The second kappa shape index (κ2) is 8.81. The van der Waals surface area contributed by atoms with Gasteiger partial charge in [0, 0.05) is 17.1 Å². The molecule has 0 fully saturated rings. The number of carbonyl (C=O) groups excluding carboxylic acids is 2. The molecule has 0 bridgehead atoms. The van der Waals surface area contributed by atoms with Gasteiger partial charge in [-0.3, -0.25) is 9.59 Å². The molecule has 0 atom stereocenters. The van der Waals surface area contributed by atoms with E-state index in [0.717, 1.165) is 5.56 Å². The summed E-state index contributed by atoms with van der Waals surface area (Å²) in [6, 6.07) is 19.9. The molecule has 0 unspecified atom stereocenters. The van der Waals surface area contributed by atoms with Crippen LogP contribution in [0.25, 0.3) is 0 Å². The Hall–Kier alpha value is -3.67. The number of nitrogens with one attached hydrogen (secondary N) is 3. The third kappa shape index (κ3) is 5.17. The van der Waals surface area contributed by atoms with Gasteiger partial charge < -0.3 is 16.0 Å². The third-order valence-electron chi connectivity index (χ3n) is 4.05. The lowest BCUT2D eigenvalue weighted by Crippen LogP contribution is -2.23. The zero-order chi connectivity index (χ0) is 19.9. The Labute approximate surface area is 162 Å². The van der Waals surface area contributed by atoms with Crippen molar-refractivity contribution in [2.45, 2.75) is 6.92 Å². The van der Waals surface area contributed by atoms with Crippen LogP contribution in [0, 0.1) is 12.7 Å². The topological polar surface area (TPSA) is 70.2 Å². The Balaban J connectivity index is 1.63. The Kier molecular flexibility index (Phi) is 6.01. The Morgan fingerprint density at radius 2 is 1.43 bits per heavy atom. The molecule has 0 radical (unpaired) electrons. The first-order chi connectivity index (χ1) is 13.5. The smallest absolute Gasteiger partial charge is 0.257 e. The number of hydrogen-bond acceptors (Lipinski definition) is 3. The number of para-hydroxylation sites is 1. The third-order valence-corrected chi connectivity index (χ3v) is 4.05. The largest absolute Gasteiger partial charge is 0.376 e. The fourth-order valence-electron chi connectivity index (χ4n) is 2.58. The summed E-state index contributed by atoms with van der Waals surface area (Å²) in [5.74, 6) is -0.953. The van der Waals surface area contributed by atoms with Crippen LogP contribution in [-0.2, 0) is 4.79 Å². The molecule has 0 aliphatic carbocycles. The summed E-state index contributed by atoms with van der Waals surface area (Å²) in [5, 5.41) is 8.50. The Morgan fingerprint density at radius 3 is 2.14 bits per heavy atom. The van der Waals surface area contributed by atoms with Crippen molar-refractivity contribution in [2.75, 3.05) is 22.5 Å². The molecule has 0 spiro atoms. The van der Waals surface area contributed by atoms with E-state index in [1.165, 1.54) is 24.3 Å². The molecule has 0 aromatic heterocycles. The maximum Gasteiger partial charge on any atom is 0.257 e. The zero-order valence-electron chi connectivity index (χ0n) is 15.3. The summed E-state index contributed by atoms with van der Waals surface area (Å²) in [6.45, 7) is 1.98. The molecular weight excluding hydrogens is 357 g/mol. The van der Waals surface area contributed by atoms with Crippen LogP contribution in [0.2, 0.25) is 0 Å². The SMILES string of the molecule is Cc1ccc(NC(=O)CNc2ccccc2C(=O)Nc2ccc(F)cc2)cc1. The lowest BCUT2D eigenvalue weighted by Gasteiger charge is -2.12. The van der Waals surface area contributed by atoms with E-state index in [0.29, 0.717) is 22.6 Å². The standard InChI is InChI=1S/C22H20FN3O2/c1-15-6-10-17(11-7-15)25-21(27)14-24-20-5-3-2-4-19(20)22(28)26-18-12-8-16(23)9-13-18/h2-13,24H,14H2,1H3,(H,25,27)(H,26,28). The fourth-order valence-corrected chi connectivity index (χ4v) is 2.58. The van der Waals surface area contributed by atoms with Crippen LogP contribution >= 0.6 is 0 Å². The first-order valence-electron chi connectivity index (χ1n) is 8.77. The average molecular weight is 377 g/mol. The maximum atomic E-state index is 13.0.